The maximum Gasteiger partial charge on any atom is 0.324 e. The molecule has 0 fully saturated rings. The molecule has 3 N–H and O–H groups in total. The number of carbonyl (C=O) groups is 2. The topological polar surface area (TPSA) is 89.6 Å². The van der Waals surface area contributed by atoms with Gasteiger partial charge in [-0.2, -0.15) is 0 Å². The third-order valence-corrected chi connectivity index (χ3v) is 3.23. The van der Waals surface area contributed by atoms with Crippen LogP contribution in [0.3, 0.4) is 0 Å². The fourth-order valence-electron chi connectivity index (χ4n) is 1.91. The number of rotatable bonds is 13. The zero-order chi connectivity index (χ0) is 15.2. The molecule has 0 unspecified atom stereocenters. The van der Waals surface area contributed by atoms with E-state index in [4.69, 9.17) is 15.6 Å². The number of hydrogen-bond donors (Lipinski definition) is 2. The van der Waals surface area contributed by atoms with E-state index in [9.17, 15) is 9.59 Å². The molecule has 1 radical (unpaired) electrons. The Morgan fingerprint density at radius 1 is 1.00 bits per heavy atom. The summed E-state index contributed by atoms with van der Waals surface area (Å²) in [7, 11) is 0. The summed E-state index contributed by atoms with van der Waals surface area (Å²) in [6.45, 7) is 1.97. The summed E-state index contributed by atoms with van der Waals surface area (Å²) in [5, 5.41) is 8.53. The fourth-order valence-corrected chi connectivity index (χ4v) is 1.91. The van der Waals surface area contributed by atoms with E-state index in [1.807, 2.05) is 0 Å². The van der Waals surface area contributed by atoms with E-state index in [1.165, 1.54) is 38.5 Å². The molecule has 0 heterocycles. The molecule has 1 atom stereocenters. The second kappa shape index (κ2) is 16.3. The summed E-state index contributed by atoms with van der Waals surface area (Å²) in [5.74, 6) is -1.51. The molecule has 0 saturated heterocycles. The summed E-state index contributed by atoms with van der Waals surface area (Å²) in [6.07, 6.45) is 11.0. The number of aliphatic carboxylic acids is 1. The van der Waals surface area contributed by atoms with Crippen LogP contribution in [-0.2, 0) is 14.3 Å². The van der Waals surface area contributed by atoms with E-state index in [0.717, 1.165) is 19.3 Å². The van der Waals surface area contributed by atoms with Crippen LogP contribution in [0.15, 0.2) is 0 Å². The van der Waals surface area contributed by atoms with E-state index in [-0.39, 0.29) is 42.1 Å². The molecule has 0 amide bonds. The molecule has 0 aromatic heterocycles. The smallest absolute Gasteiger partial charge is 0.324 e. The summed E-state index contributed by atoms with van der Waals surface area (Å²) < 4.78 is 4.79. The van der Waals surface area contributed by atoms with Crippen LogP contribution in [0.5, 0.6) is 0 Å². The standard InChI is InChI=1S/C15H29NO4.Na/c1-2-3-4-5-6-7-8-9-10-11-14(17)20-12-13(16)15(18)19;/h13H,2-12,16H2,1H3,(H,18,19);/t13-;/m0./s1. The SMILES string of the molecule is CCCCCCCCCCCC(=O)OC[C@H](N)C(=O)O.[Na]. The quantitative estimate of drug-likeness (QED) is 0.310. The minimum absolute atomic E-state index is 0. The Morgan fingerprint density at radius 2 is 1.48 bits per heavy atom. The van der Waals surface area contributed by atoms with Crippen molar-refractivity contribution in [1.82, 2.24) is 0 Å². The average Bonchev–Trinajstić information content (AvgIpc) is 2.42. The Balaban J connectivity index is 0. The monoisotopic (exact) mass is 310 g/mol. The van der Waals surface area contributed by atoms with Gasteiger partial charge in [-0.1, -0.05) is 58.3 Å². The van der Waals surface area contributed by atoms with Gasteiger partial charge in [0.25, 0.3) is 0 Å². The van der Waals surface area contributed by atoms with Crippen LogP contribution < -0.4 is 5.73 Å². The van der Waals surface area contributed by atoms with Gasteiger partial charge in [0.05, 0.1) is 0 Å². The summed E-state index contributed by atoms with van der Waals surface area (Å²) in [4.78, 5) is 21.7. The third-order valence-electron chi connectivity index (χ3n) is 3.23. The molecule has 119 valence electrons. The van der Waals surface area contributed by atoms with Crippen LogP contribution >= 0.6 is 0 Å². The molecule has 6 heteroatoms. The Hall–Kier alpha value is -0.100. The van der Waals surface area contributed by atoms with Crippen LogP contribution in [-0.4, -0.2) is 59.3 Å². The number of ether oxygens (including phenoxy) is 1. The van der Waals surface area contributed by atoms with Crippen molar-refractivity contribution in [3.8, 4) is 0 Å². The molecule has 0 saturated carbocycles. The van der Waals surface area contributed by atoms with E-state index >= 15 is 0 Å². The zero-order valence-corrected chi connectivity index (χ0v) is 15.6. The minimum atomic E-state index is -1.15. The molecule has 0 bridgehead atoms. The molecule has 0 aliphatic rings. The van der Waals surface area contributed by atoms with Crippen LogP contribution in [0.2, 0.25) is 0 Å². The third kappa shape index (κ3) is 16.1. The van der Waals surface area contributed by atoms with Gasteiger partial charge in [0.2, 0.25) is 0 Å². The molecule has 0 aliphatic heterocycles. The van der Waals surface area contributed by atoms with Gasteiger partial charge in [-0.05, 0) is 6.42 Å². The van der Waals surface area contributed by atoms with Gasteiger partial charge >= 0.3 is 11.9 Å². The second-order valence-electron chi connectivity index (χ2n) is 5.21. The maximum atomic E-state index is 11.3. The number of unbranched alkanes of at least 4 members (excludes halogenated alkanes) is 8. The first-order valence-corrected chi connectivity index (χ1v) is 7.72. The number of carboxylic acid groups (broad SMARTS) is 1. The van der Waals surface area contributed by atoms with Gasteiger partial charge in [0.1, 0.15) is 12.6 Å². The van der Waals surface area contributed by atoms with Crippen molar-refractivity contribution in [3.63, 3.8) is 0 Å². The zero-order valence-electron chi connectivity index (χ0n) is 13.6. The number of esters is 1. The Kier molecular flexibility index (Phi) is 18.0. The number of nitrogens with two attached hydrogens (primary N) is 1. The van der Waals surface area contributed by atoms with E-state index in [2.05, 4.69) is 6.92 Å². The van der Waals surface area contributed by atoms with Crippen molar-refractivity contribution in [1.29, 1.82) is 0 Å². The average molecular weight is 310 g/mol. The molecule has 5 nitrogen and oxygen atoms in total. The van der Waals surface area contributed by atoms with Crippen molar-refractivity contribution < 1.29 is 19.4 Å². The molecule has 0 rings (SSSR count). The molecule has 0 aliphatic carbocycles. The molecule has 0 aromatic rings. The van der Waals surface area contributed by atoms with Crippen molar-refractivity contribution >= 4 is 41.5 Å². The van der Waals surface area contributed by atoms with Crippen LogP contribution in [0.4, 0.5) is 0 Å². The molecule has 21 heavy (non-hydrogen) atoms. The Bertz CT molecular complexity index is 274. The van der Waals surface area contributed by atoms with E-state index in [1.54, 1.807) is 0 Å². The van der Waals surface area contributed by atoms with Gasteiger partial charge < -0.3 is 15.6 Å². The van der Waals surface area contributed by atoms with Crippen molar-refractivity contribution in [2.75, 3.05) is 6.61 Å². The number of carbonyl (C=O) groups excluding carboxylic acids is 1. The summed E-state index contributed by atoms with van der Waals surface area (Å²) in [5.41, 5.74) is 5.23. The van der Waals surface area contributed by atoms with Crippen molar-refractivity contribution in [2.24, 2.45) is 5.73 Å². The van der Waals surface area contributed by atoms with Gasteiger partial charge in [0, 0.05) is 36.0 Å². The van der Waals surface area contributed by atoms with Gasteiger partial charge in [-0.15, -0.1) is 0 Å². The van der Waals surface area contributed by atoms with Gasteiger partial charge in [-0.3, -0.25) is 9.59 Å². The first-order valence-electron chi connectivity index (χ1n) is 7.72. The first-order chi connectivity index (χ1) is 9.57. The fraction of sp³-hybridized carbons (Fsp3) is 0.867. The summed E-state index contributed by atoms with van der Waals surface area (Å²) >= 11 is 0. The van der Waals surface area contributed by atoms with Gasteiger partial charge in [-0.25, -0.2) is 0 Å². The van der Waals surface area contributed by atoms with Crippen molar-refractivity contribution in [3.05, 3.63) is 0 Å². The number of carboxylic acids is 1. The first kappa shape index (κ1) is 23.2. The normalized spacial score (nSPS) is 11.5. The van der Waals surface area contributed by atoms with E-state index < -0.39 is 12.0 Å². The predicted molar refractivity (Wildman–Crippen MR) is 84.2 cm³/mol. The van der Waals surface area contributed by atoms with Crippen LogP contribution in [0.1, 0.15) is 71.1 Å². The van der Waals surface area contributed by atoms with E-state index in [0.29, 0.717) is 6.42 Å². The van der Waals surface area contributed by atoms with Crippen LogP contribution in [0, 0.1) is 0 Å². The molecular weight excluding hydrogens is 281 g/mol. The Morgan fingerprint density at radius 3 is 1.95 bits per heavy atom. The molecular formula is C15H29NNaO4. The second-order valence-corrected chi connectivity index (χ2v) is 5.21. The van der Waals surface area contributed by atoms with Crippen LogP contribution in [0.25, 0.3) is 0 Å². The van der Waals surface area contributed by atoms with Crippen molar-refractivity contribution in [2.45, 2.75) is 77.2 Å². The largest absolute Gasteiger partial charge is 0.480 e. The molecule has 0 aromatic carbocycles. The molecule has 0 spiro atoms. The number of hydrogen-bond acceptors (Lipinski definition) is 4. The maximum absolute atomic E-state index is 11.3. The Labute approximate surface area is 150 Å². The van der Waals surface area contributed by atoms with Gasteiger partial charge in [0.15, 0.2) is 0 Å². The summed E-state index contributed by atoms with van der Waals surface area (Å²) in [6, 6.07) is -1.12. The predicted octanol–water partition coefficient (Wildman–Crippen LogP) is 2.48. The minimum Gasteiger partial charge on any atom is -0.480 e.